The molecule has 3 aliphatic heterocycles. The summed E-state index contributed by atoms with van der Waals surface area (Å²) < 4.78 is 13.4. The molecular formula is C18H24FN3O. The van der Waals surface area contributed by atoms with E-state index in [0.29, 0.717) is 17.5 Å². The molecule has 1 saturated carbocycles. The van der Waals surface area contributed by atoms with Crippen molar-refractivity contribution in [3.8, 4) is 0 Å². The molecule has 1 amide bonds. The molecule has 23 heavy (non-hydrogen) atoms. The van der Waals surface area contributed by atoms with Crippen LogP contribution in [0.15, 0.2) is 18.5 Å². The zero-order valence-corrected chi connectivity index (χ0v) is 13.5. The van der Waals surface area contributed by atoms with E-state index in [2.05, 4.69) is 9.88 Å². The van der Waals surface area contributed by atoms with Gasteiger partial charge >= 0.3 is 0 Å². The predicted molar refractivity (Wildman–Crippen MR) is 85.5 cm³/mol. The van der Waals surface area contributed by atoms with E-state index in [1.165, 1.54) is 50.9 Å². The molecule has 0 N–H and O–H groups in total. The summed E-state index contributed by atoms with van der Waals surface area (Å²) in [7, 11) is 0. The van der Waals surface area contributed by atoms with Gasteiger partial charge in [-0.15, -0.1) is 0 Å². The number of nitrogens with zero attached hydrogens (tertiary/aromatic N) is 3. The largest absolute Gasteiger partial charge is 0.337 e. The molecule has 0 radical (unpaired) electrons. The van der Waals surface area contributed by atoms with Crippen LogP contribution in [0.2, 0.25) is 0 Å². The standard InChI is InChI=1S/C18H24FN3O/c19-16-6-15(7-20-8-16)18(23)22-11-14-4-5-17(12-22)21(10-14)9-13-2-1-3-13/h6-8,13-14,17H,1-5,9-12H2. The first-order valence-electron chi connectivity index (χ1n) is 8.83. The van der Waals surface area contributed by atoms with Crippen molar-refractivity contribution in [2.24, 2.45) is 11.8 Å². The van der Waals surface area contributed by atoms with E-state index in [0.717, 1.165) is 31.7 Å². The SMILES string of the molecule is O=C(c1cncc(F)c1)N1CC2CCC(C1)N(CC1CCC1)C2. The van der Waals surface area contributed by atoms with E-state index in [1.54, 1.807) is 0 Å². The summed E-state index contributed by atoms with van der Waals surface area (Å²) in [4.78, 5) is 21.1. The maximum absolute atomic E-state index is 13.4. The molecule has 1 aromatic heterocycles. The summed E-state index contributed by atoms with van der Waals surface area (Å²) in [6.45, 7) is 3.89. The van der Waals surface area contributed by atoms with Gasteiger partial charge in [-0.2, -0.15) is 0 Å². The lowest BCUT2D eigenvalue weighted by molar-refractivity contribution is 0.0716. The van der Waals surface area contributed by atoms with Gasteiger partial charge in [-0.25, -0.2) is 4.39 Å². The van der Waals surface area contributed by atoms with Crippen LogP contribution in [0.4, 0.5) is 4.39 Å². The van der Waals surface area contributed by atoms with Crippen LogP contribution in [0.5, 0.6) is 0 Å². The van der Waals surface area contributed by atoms with Crippen LogP contribution < -0.4 is 0 Å². The number of hydrogen-bond acceptors (Lipinski definition) is 3. The van der Waals surface area contributed by atoms with Crippen molar-refractivity contribution in [2.75, 3.05) is 26.2 Å². The number of hydrogen-bond donors (Lipinski definition) is 0. The lowest BCUT2D eigenvalue weighted by Gasteiger charge is -2.40. The van der Waals surface area contributed by atoms with Crippen molar-refractivity contribution in [1.82, 2.24) is 14.8 Å². The Bertz CT molecular complexity index is 589. The van der Waals surface area contributed by atoms with Gasteiger partial charge in [0.1, 0.15) is 5.82 Å². The molecule has 2 bridgehead atoms. The molecule has 1 aliphatic carbocycles. The van der Waals surface area contributed by atoms with Crippen molar-refractivity contribution in [2.45, 2.75) is 38.1 Å². The Morgan fingerprint density at radius 1 is 1.17 bits per heavy atom. The van der Waals surface area contributed by atoms with Gasteiger partial charge in [-0.05, 0) is 43.6 Å². The number of carbonyl (C=O) groups excluding carboxylic acids is 1. The van der Waals surface area contributed by atoms with Gasteiger partial charge in [0.05, 0.1) is 11.8 Å². The number of aromatic nitrogens is 1. The number of amides is 1. The van der Waals surface area contributed by atoms with E-state index in [4.69, 9.17) is 0 Å². The number of pyridine rings is 1. The summed E-state index contributed by atoms with van der Waals surface area (Å²) in [6, 6.07) is 1.77. The highest BCUT2D eigenvalue weighted by Gasteiger charge is 2.37. The molecule has 124 valence electrons. The van der Waals surface area contributed by atoms with Gasteiger partial charge in [0.25, 0.3) is 5.91 Å². The third kappa shape index (κ3) is 3.11. The number of halogens is 1. The van der Waals surface area contributed by atoms with Gasteiger partial charge in [0.15, 0.2) is 0 Å². The third-order valence-corrected chi connectivity index (χ3v) is 5.78. The highest BCUT2D eigenvalue weighted by molar-refractivity contribution is 5.94. The summed E-state index contributed by atoms with van der Waals surface area (Å²) >= 11 is 0. The highest BCUT2D eigenvalue weighted by Crippen LogP contribution is 2.33. The first-order valence-corrected chi connectivity index (χ1v) is 8.83. The van der Waals surface area contributed by atoms with Crippen molar-refractivity contribution >= 4 is 5.91 Å². The molecular weight excluding hydrogens is 293 g/mol. The fourth-order valence-electron chi connectivity index (χ4n) is 4.29. The van der Waals surface area contributed by atoms with Gasteiger partial charge in [-0.3, -0.25) is 14.7 Å². The summed E-state index contributed by atoms with van der Waals surface area (Å²) in [5, 5.41) is 0. The molecule has 5 heteroatoms. The van der Waals surface area contributed by atoms with E-state index in [9.17, 15) is 9.18 Å². The fourth-order valence-corrected chi connectivity index (χ4v) is 4.29. The minimum absolute atomic E-state index is 0.0700. The minimum Gasteiger partial charge on any atom is -0.337 e. The molecule has 4 aliphatic rings. The molecule has 0 spiro atoms. The Morgan fingerprint density at radius 3 is 2.78 bits per heavy atom. The topological polar surface area (TPSA) is 36.4 Å². The number of carbonyl (C=O) groups is 1. The monoisotopic (exact) mass is 317 g/mol. The average Bonchev–Trinajstić information content (AvgIpc) is 2.82. The van der Waals surface area contributed by atoms with Crippen molar-refractivity contribution in [1.29, 1.82) is 0 Å². The summed E-state index contributed by atoms with van der Waals surface area (Å²) in [5.74, 6) is 0.907. The molecule has 1 aromatic rings. The first kappa shape index (κ1) is 15.1. The van der Waals surface area contributed by atoms with Gasteiger partial charge < -0.3 is 4.90 Å². The molecule has 4 heterocycles. The Kier molecular flexibility index (Phi) is 4.05. The zero-order chi connectivity index (χ0) is 15.8. The van der Waals surface area contributed by atoms with Crippen LogP contribution in [0.25, 0.3) is 0 Å². The van der Waals surface area contributed by atoms with Crippen molar-refractivity contribution in [3.05, 3.63) is 29.8 Å². The second-order valence-corrected chi connectivity index (χ2v) is 7.45. The van der Waals surface area contributed by atoms with Gasteiger partial charge in [0.2, 0.25) is 0 Å². The maximum Gasteiger partial charge on any atom is 0.255 e. The summed E-state index contributed by atoms with van der Waals surface area (Å²) in [5.41, 5.74) is 0.372. The number of rotatable bonds is 3. The molecule has 4 fully saturated rings. The molecule has 5 rings (SSSR count). The quantitative estimate of drug-likeness (QED) is 0.860. The Hall–Kier alpha value is -1.49. The number of piperidine rings is 1. The van der Waals surface area contributed by atoms with Crippen LogP contribution in [0.3, 0.4) is 0 Å². The highest BCUT2D eigenvalue weighted by atomic mass is 19.1. The smallest absolute Gasteiger partial charge is 0.255 e. The van der Waals surface area contributed by atoms with Crippen LogP contribution in [-0.4, -0.2) is 52.9 Å². The first-order chi connectivity index (χ1) is 11.2. The Morgan fingerprint density at radius 2 is 2.04 bits per heavy atom. The second-order valence-electron chi connectivity index (χ2n) is 7.45. The molecule has 2 atom stereocenters. The Labute approximate surface area is 136 Å². The van der Waals surface area contributed by atoms with Crippen molar-refractivity contribution < 1.29 is 9.18 Å². The van der Waals surface area contributed by atoms with E-state index in [-0.39, 0.29) is 5.91 Å². The fraction of sp³-hybridized carbons (Fsp3) is 0.667. The normalized spacial score (nSPS) is 28.5. The third-order valence-electron chi connectivity index (χ3n) is 5.78. The predicted octanol–water partition coefficient (Wildman–Crippen LogP) is 2.56. The van der Waals surface area contributed by atoms with Crippen LogP contribution in [0, 0.1) is 17.7 Å². The van der Waals surface area contributed by atoms with Crippen LogP contribution in [0.1, 0.15) is 42.5 Å². The minimum atomic E-state index is -0.444. The van der Waals surface area contributed by atoms with Crippen LogP contribution in [-0.2, 0) is 0 Å². The van der Waals surface area contributed by atoms with E-state index >= 15 is 0 Å². The second kappa shape index (κ2) is 6.19. The molecule has 2 unspecified atom stereocenters. The van der Waals surface area contributed by atoms with E-state index < -0.39 is 5.82 Å². The Balaban J connectivity index is 1.47. The molecule has 3 saturated heterocycles. The van der Waals surface area contributed by atoms with Crippen molar-refractivity contribution in [3.63, 3.8) is 0 Å². The molecule has 0 aromatic carbocycles. The average molecular weight is 317 g/mol. The molecule has 4 nitrogen and oxygen atoms in total. The lowest BCUT2D eigenvalue weighted by atomic mass is 9.83. The zero-order valence-electron chi connectivity index (χ0n) is 13.5. The van der Waals surface area contributed by atoms with Crippen LogP contribution >= 0.6 is 0 Å². The maximum atomic E-state index is 13.4. The van der Waals surface area contributed by atoms with E-state index in [1.807, 2.05) is 4.90 Å². The van der Waals surface area contributed by atoms with Gasteiger partial charge in [0, 0.05) is 38.4 Å². The number of fused-ring (bicyclic) bond motifs is 4. The van der Waals surface area contributed by atoms with Gasteiger partial charge in [-0.1, -0.05) is 6.42 Å². The lowest BCUT2D eigenvalue weighted by Crippen LogP contribution is -2.47. The summed E-state index contributed by atoms with van der Waals surface area (Å²) in [6.07, 6.45) is 9.12.